The molecule has 1 aromatic carbocycles. The number of hydrogen-bond acceptors (Lipinski definition) is 4. The summed E-state index contributed by atoms with van der Waals surface area (Å²) in [5.74, 6) is 0.533. The lowest BCUT2D eigenvalue weighted by Crippen LogP contribution is -2.48. The second-order valence-electron chi connectivity index (χ2n) is 7.17. The maximum Gasteiger partial charge on any atom is 0.325 e. The molecule has 1 spiro atoms. The maximum atomic E-state index is 12.7. The summed E-state index contributed by atoms with van der Waals surface area (Å²) in [4.78, 5) is 26.1. The van der Waals surface area contributed by atoms with Gasteiger partial charge in [0.2, 0.25) is 0 Å². The van der Waals surface area contributed by atoms with Gasteiger partial charge in [-0.25, -0.2) is 4.79 Å². The van der Waals surface area contributed by atoms with Crippen molar-refractivity contribution in [2.45, 2.75) is 57.6 Å². The first-order chi connectivity index (χ1) is 11.9. The highest BCUT2D eigenvalue weighted by Gasteiger charge is 2.51. The van der Waals surface area contributed by atoms with Gasteiger partial charge in [-0.05, 0) is 37.8 Å². The molecule has 136 valence electrons. The zero-order valence-electron chi connectivity index (χ0n) is 14.9. The predicted molar refractivity (Wildman–Crippen MR) is 93.5 cm³/mol. The SMILES string of the molecule is Cc1cccc(C)c1OCC(O)CN1C(=O)NC2(CCCCC2)C1=O. The van der Waals surface area contributed by atoms with Gasteiger partial charge in [0.1, 0.15) is 24.0 Å². The summed E-state index contributed by atoms with van der Waals surface area (Å²) in [5, 5.41) is 13.1. The zero-order chi connectivity index (χ0) is 18.0. The van der Waals surface area contributed by atoms with Gasteiger partial charge in [0.15, 0.2) is 0 Å². The quantitative estimate of drug-likeness (QED) is 0.802. The number of urea groups is 1. The van der Waals surface area contributed by atoms with Gasteiger partial charge in [-0.1, -0.05) is 37.5 Å². The fourth-order valence-corrected chi connectivity index (χ4v) is 3.81. The molecular formula is C19H26N2O4. The Hall–Kier alpha value is -2.08. The van der Waals surface area contributed by atoms with Gasteiger partial charge >= 0.3 is 6.03 Å². The largest absolute Gasteiger partial charge is 0.490 e. The second-order valence-corrected chi connectivity index (χ2v) is 7.17. The van der Waals surface area contributed by atoms with E-state index >= 15 is 0 Å². The molecule has 1 aliphatic carbocycles. The topological polar surface area (TPSA) is 78.9 Å². The molecule has 0 bridgehead atoms. The number of benzene rings is 1. The third-order valence-electron chi connectivity index (χ3n) is 5.18. The number of amides is 3. The second kappa shape index (κ2) is 7.04. The van der Waals surface area contributed by atoms with E-state index in [9.17, 15) is 14.7 Å². The molecular weight excluding hydrogens is 320 g/mol. The Bertz CT molecular complexity index is 647. The van der Waals surface area contributed by atoms with E-state index in [1.54, 1.807) is 0 Å². The van der Waals surface area contributed by atoms with Crippen molar-refractivity contribution in [3.63, 3.8) is 0 Å². The lowest BCUT2D eigenvalue weighted by atomic mass is 9.82. The summed E-state index contributed by atoms with van der Waals surface area (Å²) < 4.78 is 5.73. The van der Waals surface area contributed by atoms with E-state index in [0.29, 0.717) is 12.8 Å². The first kappa shape index (κ1) is 17.7. The molecule has 0 aromatic heterocycles. The molecule has 1 aromatic rings. The summed E-state index contributed by atoms with van der Waals surface area (Å²) in [5.41, 5.74) is 1.23. The minimum absolute atomic E-state index is 0.0375. The van der Waals surface area contributed by atoms with Crippen LogP contribution in [0.2, 0.25) is 0 Å². The normalized spacial score (nSPS) is 20.7. The Morgan fingerprint density at radius 3 is 2.48 bits per heavy atom. The van der Waals surface area contributed by atoms with Crippen LogP contribution in [0.4, 0.5) is 4.79 Å². The molecule has 6 heteroatoms. The van der Waals surface area contributed by atoms with E-state index in [-0.39, 0.29) is 19.1 Å². The number of aliphatic hydroxyl groups excluding tert-OH is 1. The number of aliphatic hydroxyl groups is 1. The lowest BCUT2D eigenvalue weighted by molar-refractivity contribution is -0.133. The van der Waals surface area contributed by atoms with E-state index < -0.39 is 17.7 Å². The molecule has 1 unspecified atom stereocenters. The number of β-amino-alcohol motifs (C(OH)–C–C–N with tert-alkyl or cyclic N) is 1. The van der Waals surface area contributed by atoms with E-state index in [4.69, 9.17) is 4.74 Å². The highest BCUT2D eigenvalue weighted by molar-refractivity contribution is 6.07. The van der Waals surface area contributed by atoms with Gasteiger partial charge < -0.3 is 15.2 Å². The fourth-order valence-electron chi connectivity index (χ4n) is 3.81. The van der Waals surface area contributed by atoms with E-state index in [0.717, 1.165) is 41.0 Å². The molecule has 3 rings (SSSR count). The molecule has 1 saturated carbocycles. The Kier molecular flexibility index (Phi) is 4.99. The Balaban J connectivity index is 1.60. The number of carbonyl (C=O) groups excluding carboxylic acids is 2. The molecule has 25 heavy (non-hydrogen) atoms. The Morgan fingerprint density at radius 2 is 1.84 bits per heavy atom. The van der Waals surface area contributed by atoms with Crippen LogP contribution >= 0.6 is 0 Å². The Labute approximate surface area is 148 Å². The van der Waals surface area contributed by atoms with Crippen LogP contribution in [0, 0.1) is 13.8 Å². The predicted octanol–water partition coefficient (Wildman–Crippen LogP) is 2.30. The first-order valence-electron chi connectivity index (χ1n) is 8.94. The summed E-state index contributed by atoms with van der Waals surface area (Å²) in [7, 11) is 0. The van der Waals surface area contributed by atoms with Crippen molar-refractivity contribution in [2.24, 2.45) is 0 Å². The van der Waals surface area contributed by atoms with Gasteiger partial charge in [0.25, 0.3) is 5.91 Å². The molecule has 6 nitrogen and oxygen atoms in total. The number of ether oxygens (including phenoxy) is 1. The number of aryl methyl sites for hydroxylation is 2. The van der Waals surface area contributed by atoms with Crippen LogP contribution in [-0.4, -0.2) is 46.7 Å². The maximum absolute atomic E-state index is 12.7. The highest BCUT2D eigenvalue weighted by atomic mass is 16.5. The number of rotatable bonds is 5. The third kappa shape index (κ3) is 3.49. The smallest absolute Gasteiger partial charge is 0.325 e. The molecule has 0 radical (unpaired) electrons. The van der Waals surface area contributed by atoms with Crippen molar-refractivity contribution in [3.05, 3.63) is 29.3 Å². The van der Waals surface area contributed by atoms with Crippen molar-refractivity contribution in [1.29, 1.82) is 0 Å². The average molecular weight is 346 g/mol. The Morgan fingerprint density at radius 1 is 1.20 bits per heavy atom. The molecule has 1 aliphatic heterocycles. The minimum atomic E-state index is -0.924. The summed E-state index contributed by atoms with van der Waals surface area (Å²) >= 11 is 0. The first-order valence-corrected chi connectivity index (χ1v) is 8.94. The van der Waals surface area contributed by atoms with Gasteiger partial charge in [0.05, 0.1) is 6.54 Å². The number of para-hydroxylation sites is 1. The minimum Gasteiger partial charge on any atom is -0.490 e. The van der Waals surface area contributed by atoms with Gasteiger partial charge in [-0.2, -0.15) is 0 Å². The summed E-state index contributed by atoms with van der Waals surface area (Å²) in [6.07, 6.45) is 3.42. The van der Waals surface area contributed by atoms with Crippen molar-refractivity contribution < 1.29 is 19.4 Å². The molecule has 2 aliphatic rings. The van der Waals surface area contributed by atoms with Gasteiger partial charge in [-0.15, -0.1) is 0 Å². The van der Waals surface area contributed by atoms with Crippen LogP contribution in [0.3, 0.4) is 0 Å². The van der Waals surface area contributed by atoms with Crippen LogP contribution in [0.1, 0.15) is 43.2 Å². The molecule has 2 fully saturated rings. The molecule has 2 N–H and O–H groups in total. The third-order valence-corrected chi connectivity index (χ3v) is 5.18. The number of imide groups is 1. The van der Waals surface area contributed by atoms with Gasteiger partial charge in [-0.3, -0.25) is 9.69 Å². The molecule has 3 amide bonds. The van der Waals surface area contributed by atoms with Crippen molar-refractivity contribution >= 4 is 11.9 Å². The molecule has 1 heterocycles. The standard InChI is InChI=1S/C19H26N2O4/c1-13-7-6-8-14(2)16(13)25-12-15(22)11-21-17(23)19(20-18(21)24)9-4-3-5-10-19/h6-8,15,22H,3-5,9-12H2,1-2H3,(H,20,24). The molecule has 1 saturated heterocycles. The van der Waals surface area contributed by atoms with Crippen LogP contribution in [0.5, 0.6) is 5.75 Å². The fraction of sp³-hybridized carbons (Fsp3) is 0.579. The van der Waals surface area contributed by atoms with Crippen molar-refractivity contribution in [3.8, 4) is 5.75 Å². The summed E-state index contributed by atoms with van der Waals surface area (Å²) in [6.45, 7) is 3.88. The number of carbonyl (C=O) groups is 2. The number of nitrogens with zero attached hydrogens (tertiary/aromatic N) is 1. The number of nitrogens with one attached hydrogen (secondary N) is 1. The van der Waals surface area contributed by atoms with Crippen molar-refractivity contribution in [2.75, 3.05) is 13.2 Å². The van der Waals surface area contributed by atoms with E-state index in [1.807, 2.05) is 32.0 Å². The monoisotopic (exact) mass is 346 g/mol. The average Bonchev–Trinajstić information content (AvgIpc) is 2.79. The zero-order valence-corrected chi connectivity index (χ0v) is 14.9. The highest BCUT2D eigenvalue weighted by Crippen LogP contribution is 2.33. The van der Waals surface area contributed by atoms with Crippen LogP contribution in [0.25, 0.3) is 0 Å². The number of hydrogen-bond donors (Lipinski definition) is 2. The van der Waals surface area contributed by atoms with Gasteiger partial charge in [0, 0.05) is 0 Å². The van der Waals surface area contributed by atoms with Crippen LogP contribution < -0.4 is 10.1 Å². The molecule has 1 atom stereocenters. The van der Waals surface area contributed by atoms with Crippen molar-refractivity contribution in [1.82, 2.24) is 10.2 Å². The lowest BCUT2D eigenvalue weighted by Gasteiger charge is -2.30. The van der Waals surface area contributed by atoms with E-state index in [1.165, 1.54) is 0 Å². The summed E-state index contributed by atoms with van der Waals surface area (Å²) in [6, 6.07) is 5.43. The van der Waals surface area contributed by atoms with Crippen LogP contribution in [0.15, 0.2) is 18.2 Å². The van der Waals surface area contributed by atoms with E-state index in [2.05, 4.69) is 5.32 Å². The van der Waals surface area contributed by atoms with Crippen LogP contribution in [-0.2, 0) is 4.79 Å².